The highest BCUT2D eigenvalue weighted by molar-refractivity contribution is 5.90. The van der Waals surface area contributed by atoms with Gasteiger partial charge in [0.25, 0.3) is 0 Å². The van der Waals surface area contributed by atoms with Gasteiger partial charge in [-0.05, 0) is 19.1 Å². The molecule has 2 aliphatic rings. The van der Waals surface area contributed by atoms with Crippen LogP contribution in [0.4, 0.5) is 0 Å². The summed E-state index contributed by atoms with van der Waals surface area (Å²) < 4.78 is 4.74. The average Bonchev–Trinajstić information content (AvgIpc) is 2.56. The highest BCUT2D eigenvalue weighted by Gasteiger charge is 2.39. The first kappa shape index (κ1) is 10.8. The van der Waals surface area contributed by atoms with Crippen LogP contribution in [0, 0.1) is 5.92 Å². The van der Waals surface area contributed by atoms with Crippen molar-refractivity contribution in [3.05, 3.63) is 35.3 Å². The monoisotopic (exact) mass is 221 g/mol. The van der Waals surface area contributed by atoms with Crippen LogP contribution in [0.3, 0.4) is 0 Å². The minimum Gasteiger partial charge on any atom is -0.510 e. The van der Waals surface area contributed by atoms with Crippen molar-refractivity contribution in [1.82, 2.24) is 4.90 Å². The van der Waals surface area contributed by atoms with Crippen molar-refractivity contribution in [3.63, 3.8) is 0 Å². The third-order valence-corrected chi connectivity index (χ3v) is 3.25. The van der Waals surface area contributed by atoms with E-state index < -0.39 is 0 Å². The molecule has 0 bridgehead atoms. The molecule has 4 nitrogen and oxygen atoms in total. The van der Waals surface area contributed by atoms with Crippen LogP contribution >= 0.6 is 0 Å². The second-order valence-electron chi connectivity index (χ2n) is 4.09. The maximum absolute atomic E-state index is 11.6. The zero-order valence-corrected chi connectivity index (χ0v) is 9.60. The third kappa shape index (κ3) is 1.41. The molecule has 1 aliphatic heterocycles. The van der Waals surface area contributed by atoms with Crippen LogP contribution in [0.25, 0.3) is 0 Å². The number of methoxy groups -OCH3 is 1. The SMILES string of the molecule is COC(=O)C1=CC=C(O)C2C1C=C(C)N2C. The van der Waals surface area contributed by atoms with Crippen molar-refractivity contribution in [2.45, 2.75) is 13.0 Å². The smallest absolute Gasteiger partial charge is 0.334 e. The quantitative estimate of drug-likeness (QED) is 0.679. The van der Waals surface area contributed by atoms with Gasteiger partial charge in [-0.1, -0.05) is 6.08 Å². The Kier molecular flexibility index (Phi) is 2.50. The van der Waals surface area contributed by atoms with Crippen molar-refractivity contribution in [1.29, 1.82) is 0 Å². The number of likely N-dealkylation sites (N-methyl/N-ethyl adjacent to an activating group) is 1. The van der Waals surface area contributed by atoms with E-state index in [4.69, 9.17) is 4.74 Å². The number of nitrogens with zero attached hydrogens (tertiary/aromatic N) is 1. The molecule has 2 unspecified atom stereocenters. The van der Waals surface area contributed by atoms with Gasteiger partial charge in [-0.3, -0.25) is 0 Å². The lowest BCUT2D eigenvalue weighted by Crippen LogP contribution is -2.36. The number of aliphatic hydroxyl groups is 1. The lowest BCUT2D eigenvalue weighted by Gasteiger charge is -2.30. The number of carbonyl (C=O) groups excluding carboxylic acids is 1. The predicted octanol–water partition coefficient (Wildman–Crippen LogP) is 1.38. The first-order valence-corrected chi connectivity index (χ1v) is 5.16. The van der Waals surface area contributed by atoms with E-state index in [2.05, 4.69) is 0 Å². The molecule has 0 fully saturated rings. The Bertz CT molecular complexity index is 420. The lowest BCUT2D eigenvalue weighted by molar-refractivity contribution is -0.136. The number of carbonyl (C=O) groups is 1. The van der Waals surface area contributed by atoms with E-state index in [9.17, 15) is 9.90 Å². The standard InChI is InChI=1S/C12H15NO3/c1-7-6-9-8(12(15)16-3)4-5-10(14)11(9)13(7)2/h4-6,9,11,14H,1-3H3. The van der Waals surface area contributed by atoms with Crippen molar-refractivity contribution < 1.29 is 14.6 Å². The Morgan fingerprint density at radius 2 is 2.19 bits per heavy atom. The van der Waals surface area contributed by atoms with Gasteiger partial charge in [-0.25, -0.2) is 4.79 Å². The summed E-state index contributed by atoms with van der Waals surface area (Å²) in [6, 6.07) is -0.168. The fourth-order valence-electron chi connectivity index (χ4n) is 2.28. The van der Waals surface area contributed by atoms with E-state index in [1.807, 2.05) is 24.9 Å². The Hall–Kier alpha value is -1.71. The summed E-state index contributed by atoms with van der Waals surface area (Å²) in [6.45, 7) is 1.96. The largest absolute Gasteiger partial charge is 0.510 e. The normalized spacial score (nSPS) is 27.9. The van der Waals surface area contributed by atoms with E-state index in [0.29, 0.717) is 5.57 Å². The minimum absolute atomic E-state index is 0.109. The number of aliphatic hydroxyl groups excluding tert-OH is 1. The van der Waals surface area contributed by atoms with Crippen LogP contribution in [0.1, 0.15) is 6.92 Å². The Labute approximate surface area is 94.5 Å². The van der Waals surface area contributed by atoms with Crippen molar-refractivity contribution in [3.8, 4) is 0 Å². The Morgan fingerprint density at radius 3 is 2.81 bits per heavy atom. The van der Waals surface area contributed by atoms with Gasteiger partial charge in [0.05, 0.1) is 13.2 Å². The number of fused-ring (bicyclic) bond motifs is 1. The van der Waals surface area contributed by atoms with Gasteiger partial charge in [-0.15, -0.1) is 0 Å². The number of rotatable bonds is 1. The summed E-state index contributed by atoms with van der Waals surface area (Å²) in [6.07, 6.45) is 5.18. The third-order valence-electron chi connectivity index (χ3n) is 3.25. The van der Waals surface area contributed by atoms with E-state index in [1.54, 1.807) is 12.2 Å². The van der Waals surface area contributed by atoms with Gasteiger partial charge in [0.2, 0.25) is 0 Å². The molecule has 0 radical (unpaired) electrons. The zero-order chi connectivity index (χ0) is 11.9. The molecule has 16 heavy (non-hydrogen) atoms. The number of hydrogen-bond donors (Lipinski definition) is 1. The van der Waals surface area contributed by atoms with Crippen molar-refractivity contribution in [2.75, 3.05) is 14.2 Å². The van der Waals surface area contributed by atoms with Gasteiger partial charge < -0.3 is 14.7 Å². The summed E-state index contributed by atoms with van der Waals surface area (Å²) in [4.78, 5) is 13.5. The number of ether oxygens (including phenoxy) is 1. The molecule has 0 spiro atoms. The minimum atomic E-state index is -0.335. The molecule has 1 N–H and O–H groups in total. The fourth-order valence-corrected chi connectivity index (χ4v) is 2.28. The van der Waals surface area contributed by atoms with Crippen LogP contribution in [-0.2, 0) is 9.53 Å². The van der Waals surface area contributed by atoms with Gasteiger partial charge in [0.15, 0.2) is 0 Å². The van der Waals surface area contributed by atoms with E-state index >= 15 is 0 Å². The molecule has 0 aromatic carbocycles. The van der Waals surface area contributed by atoms with Crippen molar-refractivity contribution in [2.24, 2.45) is 5.92 Å². The van der Waals surface area contributed by atoms with E-state index in [-0.39, 0.29) is 23.7 Å². The summed E-state index contributed by atoms with van der Waals surface area (Å²) >= 11 is 0. The molecule has 1 heterocycles. The molecule has 0 amide bonds. The van der Waals surface area contributed by atoms with Crippen LogP contribution in [-0.4, -0.2) is 36.2 Å². The first-order chi connectivity index (χ1) is 7.56. The summed E-state index contributed by atoms with van der Waals surface area (Å²) in [5, 5.41) is 9.83. The molecule has 1 aliphatic carbocycles. The first-order valence-electron chi connectivity index (χ1n) is 5.16. The predicted molar refractivity (Wildman–Crippen MR) is 59.6 cm³/mol. The summed E-state index contributed by atoms with van der Waals surface area (Å²) in [5.41, 5.74) is 1.64. The number of esters is 1. The Morgan fingerprint density at radius 1 is 1.50 bits per heavy atom. The maximum Gasteiger partial charge on any atom is 0.334 e. The van der Waals surface area contributed by atoms with Crippen LogP contribution < -0.4 is 0 Å². The number of allylic oxidation sites excluding steroid dienone is 3. The highest BCUT2D eigenvalue weighted by atomic mass is 16.5. The van der Waals surface area contributed by atoms with Gasteiger partial charge in [0.1, 0.15) is 5.76 Å². The van der Waals surface area contributed by atoms with Crippen LogP contribution in [0.5, 0.6) is 0 Å². The molecular formula is C12H15NO3. The van der Waals surface area contributed by atoms with Crippen LogP contribution in [0.2, 0.25) is 0 Å². The summed E-state index contributed by atoms with van der Waals surface area (Å²) in [7, 11) is 3.27. The Balaban J connectivity index is 2.40. The molecular weight excluding hydrogens is 206 g/mol. The van der Waals surface area contributed by atoms with Gasteiger partial charge in [0, 0.05) is 24.2 Å². The highest BCUT2D eigenvalue weighted by Crippen LogP contribution is 2.37. The second-order valence-corrected chi connectivity index (χ2v) is 4.09. The molecule has 2 atom stereocenters. The van der Waals surface area contributed by atoms with Gasteiger partial charge in [-0.2, -0.15) is 0 Å². The molecule has 0 aromatic heterocycles. The van der Waals surface area contributed by atoms with E-state index in [0.717, 1.165) is 5.70 Å². The molecule has 0 saturated heterocycles. The summed E-state index contributed by atoms with van der Waals surface area (Å²) in [5.74, 6) is -0.159. The maximum atomic E-state index is 11.6. The second kappa shape index (κ2) is 3.70. The number of hydrogen-bond acceptors (Lipinski definition) is 4. The van der Waals surface area contributed by atoms with Crippen molar-refractivity contribution >= 4 is 5.97 Å². The van der Waals surface area contributed by atoms with E-state index in [1.165, 1.54) is 7.11 Å². The average molecular weight is 221 g/mol. The van der Waals surface area contributed by atoms with Gasteiger partial charge >= 0.3 is 5.97 Å². The molecule has 86 valence electrons. The molecule has 0 aromatic rings. The molecule has 4 heteroatoms. The topological polar surface area (TPSA) is 49.8 Å². The molecule has 2 rings (SSSR count). The lowest BCUT2D eigenvalue weighted by atomic mass is 9.87. The zero-order valence-electron chi connectivity index (χ0n) is 9.60. The van der Waals surface area contributed by atoms with Crippen LogP contribution in [0.15, 0.2) is 35.3 Å². The molecule has 0 saturated carbocycles. The fraction of sp³-hybridized carbons (Fsp3) is 0.417.